The van der Waals surface area contributed by atoms with Gasteiger partial charge in [-0.25, -0.2) is 14.6 Å². The van der Waals surface area contributed by atoms with E-state index in [1.807, 2.05) is 24.3 Å². The maximum atomic E-state index is 8.87. The number of nitrogens with two attached hydrogens (primary N) is 1. The average molecular weight is 254 g/mol. The number of oxime groups is 1. The molecule has 7 nitrogen and oxygen atoms in total. The molecule has 0 amide bonds. The molecule has 1 aromatic carbocycles. The summed E-state index contributed by atoms with van der Waals surface area (Å²) in [6.45, 7) is 0. The van der Waals surface area contributed by atoms with Crippen molar-refractivity contribution in [3.05, 3.63) is 48.5 Å². The molecule has 0 radical (unpaired) electrons. The largest absolute Gasteiger partial charge is 0.409 e. The van der Waals surface area contributed by atoms with E-state index in [9.17, 15) is 0 Å². The van der Waals surface area contributed by atoms with Crippen LogP contribution in [0.3, 0.4) is 0 Å². The molecule has 0 unspecified atom stereocenters. The third kappa shape index (κ3) is 1.86. The molecule has 3 rings (SSSR count). The fourth-order valence-electron chi connectivity index (χ4n) is 1.84. The van der Waals surface area contributed by atoms with Crippen LogP contribution < -0.4 is 5.73 Å². The number of para-hydroxylation sites is 1. The number of fused-ring (bicyclic) bond motifs is 1. The summed E-state index contributed by atoms with van der Waals surface area (Å²) >= 11 is 0. The predicted octanol–water partition coefficient (Wildman–Crippen LogP) is 0.910. The number of amidine groups is 1. The Kier molecular flexibility index (Phi) is 2.57. The Bertz CT molecular complexity index is 750. The van der Waals surface area contributed by atoms with E-state index in [2.05, 4.69) is 20.2 Å². The topological polar surface area (TPSA) is 102 Å². The number of pyridine rings is 1. The first-order chi connectivity index (χ1) is 9.29. The van der Waals surface area contributed by atoms with E-state index in [1.165, 1.54) is 17.3 Å². The van der Waals surface area contributed by atoms with Crippen molar-refractivity contribution >= 4 is 16.7 Å². The van der Waals surface area contributed by atoms with Crippen LogP contribution in [0, 0.1) is 0 Å². The van der Waals surface area contributed by atoms with E-state index in [4.69, 9.17) is 10.9 Å². The number of rotatable bonds is 2. The van der Waals surface area contributed by atoms with Crippen LogP contribution >= 0.6 is 0 Å². The maximum Gasteiger partial charge on any atom is 0.173 e. The molecule has 0 aliphatic rings. The van der Waals surface area contributed by atoms with Crippen LogP contribution in [0.2, 0.25) is 0 Å². The Labute approximate surface area is 108 Å². The molecule has 0 aliphatic heterocycles. The highest BCUT2D eigenvalue weighted by Crippen LogP contribution is 2.18. The van der Waals surface area contributed by atoms with Gasteiger partial charge in [0.15, 0.2) is 11.7 Å². The monoisotopic (exact) mass is 254 g/mol. The summed E-state index contributed by atoms with van der Waals surface area (Å²) in [6.07, 6.45) is 2.90. The van der Waals surface area contributed by atoms with Crippen molar-refractivity contribution in [2.24, 2.45) is 10.9 Å². The lowest BCUT2D eigenvalue weighted by atomic mass is 10.1. The van der Waals surface area contributed by atoms with Gasteiger partial charge in [-0.2, -0.15) is 5.10 Å². The highest BCUT2D eigenvalue weighted by molar-refractivity contribution is 6.02. The quantitative estimate of drug-likeness (QED) is 0.306. The second-order valence-electron chi connectivity index (χ2n) is 3.88. The van der Waals surface area contributed by atoms with Crippen molar-refractivity contribution in [3.8, 4) is 5.82 Å². The molecule has 0 saturated carbocycles. The SMILES string of the molecule is NC(=NO)c1cc2ccccc2nc1-n1cncn1. The van der Waals surface area contributed by atoms with E-state index in [1.54, 1.807) is 6.07 Å². The van der Waals surface area contributed by atoms with Gasteiger partial charge in [-0.3, -0.25) is 0 Å². The highest BCUT2D eigenvalue weighted by Gasteiger charge is 2.13. The minimum atomic E-state index is -0.0243. The van der Waals surface area contributed by atoms with E-state index in [0.29, 0.717) is 11.4 Å². The second kappa shape index (κ2) is 4.37. The van der Waals surface area contributed by atoms with E-state index in [0.717, 1.165) is 10.9 Å². The summed E-state index contributed by atoms with van der Waals surface area (Å²) in [5.74, 6) is 0.440. The summed E-state index contributed by atoms with van der Waals surface area (Å²) in [5, 5.41) is 16.8. The van der Waals surface area contributed by atoms with Crippen molar-refractivity contribution < 1.29 is 5.21 Å². The summed E-state index contributed by atoms with van der Waals surface area (Å²) < 4.78 is 1.47. The molecule has 94 valence electrons. The smallest absolute Gasteiger partial charge is 0.173 e. The highest BCUT2D eigenvalue weighted by atomic mass is 16.4. The normalized spacial score (nSPS) is 11.9. The molecular weight excluding hydrogens is 244 g/mol. The van der Waals surface area contributed by atoms with E-state index >= 15 is 0 Å². The lowest BCUT2D eigenvalue weighted by Crippen LogP contribution is -2.17. The van der Waals surface area contributed by atoms with Gasteiger partial charge in [-0.05, 0) is 12.1 Å². The van der Waals surface area contributed by atoms with Crippen molar-refractivity contribution in [3.63, 3.8) is 0 Å². The van der Waals surface area contributed by atoms with Crippen LogP contribution in [-0.2, 0) is 0 Å². The van der Waals surface area contributed by atoms with Gasteiger partial charge in [0, 0.05) is 5.39 Å². The molecule has 3 aromatic rings. The van der Waals surface area contributed by atoms with E-state index < -0.39 is 0 Å². The van der Waals surface area contributed by atoms with Gasteiger partial charge in [0.2, 0.25) is 0 Å². The standard InChI is InChI=1S/C12H10N6O/c13-11(17-19)9-5-8-3-1-2-4-10(8)16-12(9)18-7-14-6-15-18/h1-7,19H,(H2,13,17). The van der Waals surface area contributed by atoms with Crippen LogP contribution in [0.15, 0.2) is 48.1 Å². The Hall–Kier alpha value is -2.96. The number of aromatic nitrogens is 4. The zero-order chi connectivity index (χ0) is 13.2. The molecule has 0 spiro atoms. The first-order valence-electron chi connectivity index (χ1n) is 5.52. The lowest BCUT2D eigenvalue weighted by Gasteiger charge is -2.08. The summed E-state index contributed by atoms with van der Waals surface area (Å²) in [6, 6.07) is 9.38. The molecule has 19 heavy (non-hydrogen) atoms. The molecule has 0 saturated heterocycles. The van der Waals surface area contributed by atoms with Crippen molar-refractivity contribution in [1.29, 1.82) is 0 Å². The first-order valence-corrected chi connectivity index (χ1v) is 5.52. The zero-order valence-electron chi connectivity index (χ0n) is 9.80. The molecule has 3 N–H and O–H groups in total. The van der Waals surface area contributed by atoms with Gasteiger partial charge >= 0.3 is 0 Å². The van der Waals surface area contributed by atoms with Gasteiger partial charge in [-0.15, -0.1) is 0 Å². The van der Waals surface area contributed by atoms with Gasteiger partial charge in [0.1, 0.15) is 12.7 Å². The predicted molar refractivity (Wildman–Crippen MR) is 69.2 cm³/mol. The third-order valence-corrected chi connectivity index (χ3v) is 2.72. The van der Waals surface area contributed by atoms with Crippen LogP contribution in [0.25, 0.3) is 16.7 Å². The Morgan fingerprint density at radius 1 is 1.32 bits per heavy atom. The van der Waals surface area contributed by atoms with Crippen molar-refractivity contribution in [2.45, 2.75) is 0 Å². The molecular formula is C12H10N6O. The third-order valence-electron chi connectivity index (χ3n) is 2.72. The number of hydrogen-bond donors (Lipinski definition) is 2. The zero-order valence-corrected chi connectivity index (χ0v) is 9.80. The molecule has 0 aliphatic carbocycles. The fourth-order valence-corrected chi connectivity index (χ4v) is 1.84. The molecule has 0 atom stereocenters. The molecule has 2 aromatic heterocycles. The van der Waals surface area contributed by atoms with Gasteiger partial charge < -0.3 is 10.9 Å². The van der Waals surface area contributed by atoms with Crippen LogP contribution in [0.5, 0.6) is 0 Å². The Morgan fingerprint density at radius 2 is 2.16 bits per heavy atom. The summed E-state index contributed by atoms with van der Waals surface area (Å²) in [5.41, 5.74) is 6.98. The summed E-state index contributed by atoms with van der Waals surface area (Å²) in [7, 11) is 0. The van der Waals surface area contributed by atoms with Crippen molar-refractivity contribution in [2.75, 3.05) is 0 Å². The van der Waals surface area contributed by atoms with Crippen molar-refractivity contribution in [1.82, 2.24) is 19.7 Å². The minimum absolute atomic E-state index is 0.0243. The molecule has 0 bridgehead atoms. The fraction of sp³-hybridized carbons (Fsp3) is 0. The van der Waals surface area contributed by atoms with E-state index in [-0.39, 0.29) is 5.84 Å². The lowest BCUT2D eigenvalue weighted by molar-refractivity contribution is 0.318. The molecule has 0 fully saturated rings. The first kappa shape index (κ1) is 11.1. The Morgan fingerprint density at radius 3 is 2.89 bits per heavy atom. The Balaban J connectivity index is 2.34. The van der Waals surface area contributed by atoms with Crippen LogP contribution in [0.4, 0.5) is 0 Å². The van der Waals surface area contributed by atoms with Gasteiger partial charge in [0.05, 0.1) is 11.1 Å². The van der Waals surface area contributed by atoms with Crippen LogP contribution in [-0.4, -0.2) is 30.8 Å². The summed E-state index contributed by atoms with van der Waals surface area (Å²) in [4.78, 5) is 8.35. The number of nitrogens with zero attached hydrogens (tertiary/aromatic N) is 5. The molecule has 2 heterocycles. The van der Waals surface area contributed by atoms with Gasteiger partial charge in [0.25, 0.3) is 0 Å². The number of hydrogen-bond acceptors (Lipinski definition) is 5. The second-order valence-corrected chi connectivity index (χ2v) is 3.88. The number of benzene rings is 1. The van der Waals surface area contributed by atoms with Gasteiger partial charge in [-0.1, -0.05) is 23.4 Å². The minimum Gasteiger partial charge on any atom is -0.409 e. The van der Waals surface area contributed by atoms with Crippen LogP contribution in [0.1, 0.15) is 5.56 Å². The molecule has 7 heteroatoms. The maximum absolute atomic E-state index is 8.87. The average Bonchev–Trinajstić information content (AvgIpc) is 2.99.